The van der Waals surface area contributed by atoms with Gasteiger partial charge in [-0.2, -0.15) is 8.42 Å². The number of amides is 1. The van der Waals surface area contributed by atoms with E-state index >= 15 is 0 Å². The zero-order chi connectivity index (χ0) is 18.9. The molecule has 1 N–H and O–H groups in total. The predicted octanol–water partition coefficient (Wildman–Crippen LogP) is 4.01. The molecule has 2 aromatic rings. The first-order valence-electron chi connectivity index (χ1n) is 7.30. The molecule has 0 atom stereocenters. The Labute approximate surface area is 169 Å². The van der Waals surface area contributed by atoms with Crippen molar-refractivity contribution in [1.29, 1.82) is 0 Å². The summed E-state index contributed by atoms with van der Waals surface area (Å²) in [5.41, 5.74) is 1.38. The number of nitrogens with one attached hydrogen (secondary N) is 1. The van der Waals surface area contributed by atoms with Crippen molar-refractivity contribution in [1.82, 2.24) is 5.32 Å². The maximum absolute atomic E-state index is 12.5. The zero-order valence-electron chi connectivity index (χ0n) is 13.4. The van der Waals surface area contributed by atoms with Crippen LogP contribution >= 0.6 is 39.9 Å². The number of carbonyl (C=O) groups excluding carboxylic acids is 1. The second-order valence-corrected chi connectivity index (χ2v) is 9.57. The van der Waals surface area contributed by atoms with Crippen LogP contribution in [0.3, 0.4) is 0 Å². The largest absolute Gasteiger partial charge is 0.378 e. The Morgan fingerprint density at radius 3 is 2.50 bits per heavy atom. The Kier molecular flexibility index (Phi) is 5.52. The van der Waals surface area contributed by atoms with Crippen LogP contribution in [0.4, 0.5) is 0 Å². The maximum Gasteiger partial charge on any atom is 0.339 e. The molecular weight excluding hydrogens is 458 g/mol. The van der Waals surface area contributed by atoms with E-state index in [2.05, 4.69) is 21.2 Å². The first kappa shape index (κ1) is 19.1. The van der Waals surface area contributed by atoms with Crippen LogP contribution in [0.25, 0.3) is 6.08 Å². The standard InChI is InChI=1S/C17H12BrNO4S3/c1-10-2-5-13(6-3-10)26(21,22)23-14-7-4-12(18)8-11(14)9-15-16(20)19-17(24)25-15/h2-9H,1H3,(H,19,20,24)/b15-9-. The molecule has 134 valence electrons. The minimum Gasteiger partial charge on any atom is -0.378 e. The molecule has 9 heteroatoms. The first-order chi connectivity index (χ1) is 12.2. The highest BCUT2D eigenvalue weighted by molar-refractivity contribution is 9.10. The van der Waals surface area contributed by atoms with Gasteiger partial charge < -0.3 is 9.50 Å². The van der Waals surface area contributed by atoms with E-state index in [9.17, 15) is 13.2 Å². The molecule has 1 fully saturated rings. The highest BCUT2D eigenvalue weighted by atomic mass is 79.9. The van der Waals surface area contributed by atoms with Gasteiger partial charge in [-0.3, -0.25) is 4.79 Å². The molecule has 1 heterocycles. The Hall–Kier alpha value is -1.68. The third-order valence-corrected chi connectivity index (χ3v) is 6.31. The summed E-state index contributed by atoms with van der Waals surface area (Å²) in [5, 5.41) is 2.52. The Bertz CT molecular complexity index is 1030. The summed E-state index contributed by atoms with van der Waals surface area (Å²) in [4.78, 5) is 12.3. The van der Waals surface area contributed by atoms with Gasteiger partial charge in [0.15, 0.2) is 0 Å². The van der Waals surface area contributed by atoms with Gasteiger partial charge in [-0.15, -0.1) is 0 Å². The van der Waals surface area contributed by atoms with E-state index in [0.29, 0.717) is 14.8 Å². The Balaban J connectivity index is 1.98. The molecule has 0 unspecified atom stereocenters. The molecule has 2 aromatic carbocycles. The van der Waals surface area contributed by atoms with Crippen molar-refractivity contribution in [2.45, 2.75) is 11.8 Å². The van der Waals surface area contributed by atoms with E-state index in [1.54, 1.807) is 30.3 Å². The first-order valence-corrected chi connectivity index (χ1v) is 10.7. The zero-order valence-corrected chi connectivity index (χ0v) is 17.4. The summed E-state index contributed by atoms with van der Waals surface area (Å²) in [6, 6.07) is 11.2. The molecule has 1 saturated heterocycles. The van der Waals surface area contributed by atoms with Gasteiger partial charge in [0, 0.05) is 10.0 Å². The number of rotatable bonds is 4. The number of carbonyl (C=O) groups is 1. The van der Waals surface area contributed by atoms with Gasteiger partial charge in [-0.05, 0) is 43.3 Å². The number of hydrogen-bond acceptors (Lipinski definition) is 6. The van der Waals surface area contributed by atoms with Crippen molar-refractivity contribution in [2.24, 2.45) is 0 Å². The molecule has 5 nitrogen and oxygen atoms in total. The summed E-state index contributed by atoms with van der Waals surface area (Å²) in [7, 11) is -4.00. The quantitative estimate of drug-likeness (QED) is 0.414. The van der Waals surface area contributed by atoms with Crippen LogP contribution in [-0.2, 0) is 14.9 Å². The molecular formula is C17H12BrNO4S3. The van der Waals surface area contributed by atoms with Crippen molar-refractivity contribution in [3.8, 4) is 5.75 Å². The van der Waals surface area contributed by atoms with Gasteiger partial charge in [0.1, 0.15) is 15.0 Å². The average molecular weight is 470 g/mol. The number of aryl methyl sites for hydroxylation is 1. The molecule has 3 rings (SSSR count). The smallest absolute Gasteiger partial charge is 0.339 e. The van der Waals surface area contributed by atoms with Gasteiger partial charge in [0.05, 0.1) is 4.91 Å². The fourth-order valence-electron chi connectivity index (χ4n) is 2.14. The second-order valence-electron chi connectivity index (χ2n) is 5.38. The van der Waals surface area contributed by atoms with Crippen LogP contribution in [0.2, 0.25) is 0 Å². The Morgan fingerprint density at radius 1 is 1.19 bits per heavy atom. The maximum atomic E-state index is 12.5. The van der Waals surface area contributed by atoms with Crippen LogP contribution < -0.4 is 9.50 Å². The number of hydrogen-bond donors (Lipinski definition) is 1. The molecule has 26 heavy (non-hydrogen) atoms. The average Bonchev–Trinajstić information content (AvgIpc) is 2.88. The lowest BCUT2D eigenvalue weighted by Crippen LogP contribution is -2.17. The highest BCUT2D eigenvalue weighted by Crippen LogP contribution is 2.32. The summed E-state index contributed by atoms with van der Waals surface area (Å²) >= 11 is 9.41. The van der Waals surface area contributed by atoms with E-state index in [4.69, 9.17) is 16.4 Å². The third kappa shape index (κ3) is 4.35. The van der Waals surface area contributed by atoms with E-state index in [1.807, 2.05) is 6.92 Å². The molecule has 1 amide bonds. The number of benzene rings is 2. The summed E-state index contributed by atoms with van der Waals surface area (Å²) in [6.07, 6.45) is 1.55. The van der Waals surface area contributed by atoms with Gasteiger partial charge >= 0.3 is 10.1 Å². The summed E-state index contributed by atoms with van der Waals surface area (Å²) in [6.45, 7) is 1.87. The van der Waals surface area contributed by atoms with Crippen LogP contribution in [-0.4, -0.2) is 18.6 Å². The van der Waals surface area contributed by atoms with E-state index in [1.165, 1.54) is 18.2 Å². The monoisotopic (exact) mass is 469 g/mol. The van der Waals surface area contributed by atoms with Crippen molar-refractivity contribution in [3.05, 3.63) is 63.0 Å². The Morgan fingerprint density at radius 2 is 1.88 bits per heavy atom. The predicted molar refractivity (Wildman–Crippen MR) is 109 cm³/mol. The second kappa shape index (κ2) is 7.51. The fourth-order valence-corrected chi connectivity index (χ4v) is 4.51. The van der Waals surface area contributed by atoms with Crippen LogP contribution in [0, 0.1) is 6.92 Å². The van der Waals surface area contributed by atoms with Crippen molar-refractivity contribution in [3.63, 3.8) is 0 Å². The minimum absolute atomic E-state index is 0.0544. The lowest BCUT2D eigenvalue weighted by Gasteiger charge is -2.10. The van der Waals surface area contributed by atoms with Crippen LogP contribution in [0.5, 0.6) is 5.75 Å². The minimum atomic E-state index is -4.00. The molecule has 0 bridgehead atoms. The molecule has 1 aliphatic heterocycles. The number of thiocarbonyl (C=S) groups is 1. The molecule has 0 spiro atoms. The van der Waals surface area contributed by atoms with Gasteiger partial charge in [0.2, 0.25) is 0 Å². The van der Waals surface area contributed by atoms with Gasteiger partial charge in [0.25, 0.3) is 5.91 Å². The summed E-state index contributed by atoms with van der Waals surface area (Å²) in [5.74, 6) is -0.209. The SMILES string of the molecule is Cc1ccc(S(=O)(=O)Oc2ccc(Br)cc2/C=C2\SC(=S)NC2=O)cc1. The lowest BCUT2D eigenvalue weighted by molar-refractivity contribution is -0.115. The van der Waals surface area contributed by atoms with Gasteiger partial charge in [-0.25, -0.2) is 0 Å². The fraction of sp³-hybridized carbons (Fsp3) is 0.0588. The number of halogens is 1. The molecule has 1 aliphatic rings. The lowest BCUT2D eigenvalue weighted by atomic mass is 10.2. The molecule has 0 saturated carbocycles. The van der Waals surface area contributed by atoms with E-state index in [-0.39, 0.29) is 16.6 Å². The highest BCUT2D eigenvalue weighted by Gasteiger charge is 2.24. The van der Waals surface area contributed by atoms with Crippen molar-refractivity contribution in [2.75, 3.05) is 0 Å². The van der Waals surface area contributed by atoms with Crippen LogP contribution in [0.1, 0.15) is 11.1 Å². The topological polar surface area (TPSA) is 72.5 Å². The van der Waals surface area contributed by atoms with Gasteiger partial charge in [-0.1, -0.05) is 57.6 Å². The third-order valence-electron chi connectivity index (χ3n) is 3.41. The van der Waals surface area contributed by atoms with Crippen molar-refractivity contribution < 1.29 is 17.4 Å². The van der Waals surface area contributed by atoms with E-state index < -0.39 is 10.1 Å². The van der Waals surface area contributed by atoms with E-state index in [0.717, 1.165) is 21.8 Å². The molecule has 0 radical (unpaired) electrons. The molecule has 0 aliphatic carbocycles. The number of thioether (sulfide) groups is 1. The van der Waals surface area contributed by atoms with Crippen molar-refractivity contribution >= 4 is 66.3 Å². The summed E-state index contributed by atoms with van der Waals surface area (Å²) < 4.78 is 31.5. The molecule has 0 aromatic heterocycles. The normalized spacial score (nSPS) is 16.0. The van der Waals surface area contributed by atoms with Crippen LogP contribution in [0.15, 0.2) is 56.7 Å².